The van der Waals surface area contributed by atoms with Crippen LogP contribution in [0, 0.1) is 0 Å². The second kappa shape index (κ2) is 3.90. The third-order valence-corrected chi connectivity index (χ3v) is 3.33. The van der Waals surface area contributed by atoms with Gasteiger partial charge in [0.25, 0.3) is 0 Å². The second-order valence-electron chi connectivity index (χ2n) is 4.40. The van der Waals surface area contributed by atoms with Gasteiger partial charge >= 0.3 is 0 Å². The predicted octanol–water partition coefficient (Wildman–Crippen LogP) is 1.25. The summed E-state index contributed by atoms with van der Waals surface area (Å²) >= 11 is 0. The standard InChI is InChI=1S/C11H16N4O/c1-12-10-5-13-6-11(15-10)14-8-4-7-2-3-9(8)16-7/h5-9H,2-4H2,1H3,(H2,12,14,15). The topological polar surface area (TPSA) is 59.1 Å². The lowest BCUT2D eigenvalue weighted by Crippen LogP contribution is -2.30. The van der Waals surface area contributed by atoms with Crippen LogP contribution in [-0.2, 0) is 4.74 Å². The van der Waals surface area contributed by atoms with Crippen LogP contribution in [0.5, 0.6) is 0 Å². The van der Waals surface area contributed by atoms with Crippen molar-refractivity contribution in [3.8, 4) is 0 Å². The predicted molar refractivity (Wildman–Crippen MR) is 61.5 cm³/mol. The summed E-state index contributed by atoms with van der Waals surface area (Å²) in [6, 6.07) is 0.403. The van der Waals surface area contributed by atoms with Crippen LogP contribution >= 0.6 is 0 Å². The van der Waals surface area contributed by atoms with Crippen LogP contribution in [0.1, 0.15) is 19.3 Å². The zero-order valence-electron chi connectivity index (χ0n) is 9.31. The van der Waals surface area contributed by atoms with Gasteiger partial charge in [0.2, 0.25) is 0 Å². The summed E-state index contributed by atoms with van der Waals surface area (Å²) in [5.74, 6) is 1.61. The molecule has 1 aromatic heterocycles. The van der Waals surface area contributed by atoms with E-state index in [4.69, 9.17) is 4.74 Å². The Balaban J connectivity index is 1.69. The molecule has 86 valence electrons. The molecule has 3 atom stereocenters. The molecular formula is C11H16N4O. The van der Waals surface area contributed by atoms with Crippen molar-refractivity contribution in [3.05, 3.63) is 12.4 Å². The number of fused-ring (bicyclic) bond motifs is 2. The van der Waals surface area contributed by atoms with Crippen molar-refractivity contribution in [1.29, 1.82) is 0 Å². The van der Waals surface area contributed by atoms with Crippen molar-refractivity contribution in [3.63, 3.8) is 0 Å². The normalized spacial score (nSPS) is 31.7. The highest BCUT2D eigenvalue weighted by molar-refractivity contribution is 5.42. The second-order valence-corrected chi connectivity index (χ2v) is 4.40. The Hall–Kier alpha value is -1.36. The first kappa shape index (κ1) is 9.84. The van der Waals surface area contributed by atoms with Crippen LogP contribution in [0.2, 0.25) is 0 Å². The Morgan fingerprint density at radius 3 is 2.88 bits per heavy atom. The van der Waals surface area contributed by atoms with Crippen LogP contribution in [0.4, 0.5) is 11.6 Å². The van der Waals surface area contributed by atoms with Gasteiger partial charge in [0.1, 0.15) is 11.6 Å². The monoisotopic (exact) mass is 220 g/mol. The number of aromatic nitrogens is 2. The minimum absolute atomic E-state index is 0.366. The third kappa shape index (κ3) is 1.71. The van der Waals surface area contributed by atoms with E-state index in [1.54, 1.807) is 12.4 Å². The highest BCUT2D eigenvalue weighted by atomic mass is 16.5. The Morgan fingerprint density at radius 1 is 1.31 bits per heavy atom. The summed E-state index contributed by atoms with van der Waals surface area (Å²) in [6.45, 7) is 0. The zero-order valence-corrected chi connectivity index (χ0v) is 9.31. The van der Waals surface area contributed by atoms with Gasteiger partial charge in [-0.1, -0.05) is 0 Å². The van der Waals surface area contributed by atoms with E-state index >= 15 is 0 Å². The van der Waals surface area contributed by atoms with Crippen molar-refractivity contribution in [2.24, 2.45) is 0 Å². The maximum Gasteiger partial charge on any atom is 0.147 e. The molecule has 0 aromatic carbocycles. The third-order valence-electron chi connectivity index (χ3n) is 3.33. The molecule has 0 saturated carbocycles. The van der Waals surface area contributed by atoms with E-state index in [9.17, 15) is 0 Å². The molecule has 2 aliphatic heterocycles. The molecule has 16 heavy (non-hydrogen) atoms. The van der Waals surface area contributed by atoms with Gasteiger partial charge < -0.3 is 15.4 Å². The fraction of sp³-hybridized carbons (Fsp3) is 0.636. The summed E-state index contributed by atoms with van der Waals surface area (Å²) < 4.78 is 5.79. The van der Waals surface area contributed by atoms with Crippen molar-refractivity contribution in [2.45, 2.75) is 37.5 Å². The SMILES string of the molecule is CNc1cncc(NC2CC3CCC2O3)n1. The number of hydrogen-bond acceptors (Lipinski definition) is 5. The summed E-state index contributed by atoms with van der Waals surface area (Å²) in [4.78, 5) is 8.53. The van der Waals surface area contributed by atoms with Gasteiger partial charge in [0.05, 0.1) is 30.6 Å². The fourth-order valence-corrected chi connectivity index (χ4v) is 2.54. The van der Waals surface area contributed by atoms with Crippen LogP contribution in [-0.4, -0.2) is 35.3 Å². The van der Waals surface area contributed by atoms with E-state index in [1.165, 1.54) is 12.8 Å². The summed E-state index contributed by atoms with van der Waals surface area (Å²) in [6.07, 6.45) is 7.77. The Labute approximate surface area is 94.6 Å². The molecule has 0 radical (unpaired) electrons. The van der Waals surface area contributed by atoms with Gasteiger partial charge in [-0.05, 0) is 19.3 Å². The number of rotatable bonds is 3. The van der Waals surface area contributed by atoms with Crippen LogP contribution in [0.25, 0.3) is 0 Å². The molecular weight excluding hydrogens is 204 g/mol. The smallest absolute Gasteiger partial charge is 0.147 e. The molecule has 0 amide bonds. The van der Waals surface area contributed by atoms with E-state index in [2.05, 4.69) is 20.6 Å². The first-order valence-corrected chi connectivity index (χ1v) is 5.77. The largest absolute Gasteiger partial charge is 0.373 e. The minimum atomic E-state index is 0.366. The lowest BCUT2D eigenvalue weighted by atomic mass is 9.95. The van der Waals surface area contributed by atoms with Crippen molar-refractivity contribution >= 4 is 11.6 Å². The average molecular weight is 220 g/mol. The molecule has 2 bridgehead atoms. The van der Waals surface area contributed by atoms with Crippen LogP contribution < -0.4 is 10.6 Å². The molecule has 5 nitrogen and oxygen atoms in total. The molecule has 0 spiro atoms. The molecule has 2 fully saturated rings. The van der Waals surface area contributed by atoms with E-state index in [1.807, 2.05) is 7.05 Å². The highest BCUT2D eigenvalue weighted by Crippen LogP contribution is 2.35. The molecule has 3 unspecified atom stereocenters. The maximum atomic E-state index is 5.79. The lowest BCUT2D eigenvalue weighted by molar-refractivity contribution is 0.102. The molecule has 2 aliphatic rings. The quantitative estimate of drug-likeness (QED) is 0.802. The number of anilines is 2. The van der Waals surface area contributed by atoms with Gasteiger partial charge in [0.15, 0.2) is 0 Å². The molecule has 3 rings (SSSR count). The first-order chi connectivity index (χ1) is 7.85. The van der Waals surface area contributed by atoms with Gasteiger partial charge in [0, 0.05) is 7.05 Å². The van der Waals surface area contributed by atoms with Gasteiger partial charge in [-0.2, -0.15) is 0 Å². The average Bonchev–Trinajstić information content (AvgIpc) is 2.91. The zero-order chi connectivity index (χ0) is 11.0. The van der Waals surface area contributed by atoms with E-state index in [0.29, 0.717) is 18.2 Å². The van der Waals surface area contributed by atoms with Gasteiger partial charge in [-0.3, -0.25) is 4.98 Å². The van der Waals surface area contributed by atoms with Crippen molar-refractivity contribution in [2.75, 3.05) is 17.7 Å². The fourth-order valence-electron chi connectivity index (χ4n) is 2.54. The Morgan fingerprint density at radius 2 is 2.19 bits per heavy atom. The van der Waals surface area contributed by atoms with Crippen molar-refractivity contribution in [1.82, 2.24) is 9.97 Å². The number of nitrogens with one attached hydrogen (secondary N) is 2. The van der Waals surface area contributed by atoms with Gasteiger partial charge in [-0.15, -0.1) is 0 Å². The maximum absolute atomic E-state index is 5.79. The summed E-state index contributed by atoms with van der Waals surface area (Å²) in [7, 11) is 1.84. The first-order valence-electron chi connectivity index (χ1n) is 5.77. The lowest BCUT2D eigenvalue weighted by Gasteiger charge is -2.20. The summed E-state index contributed by atoms with van der Waals surface area (Å²) in [5, 5.41) is 6.39. The number of hydrogen-bond donors (Lipinski definition) is 2. The van der Waals surface area contributed by atoms with E-state index in [0.717, 1.165) is 18.1 Å². The van der Waals surface area contributed by atoms with E-state index in [-0.39, 0.29) is 0 Å². The minimum Gasteiger partial charge on any atom is -0.373 e. The molecule has 3 heterocycles. The van der Waals surface area contributed by atoms with Gasteiger partial charge in [-0.25, -0.2) is 4.98 Å². The van der Waals surface area contributed by atoms with Crippen molar-refractivity contribution < 1.29 is 4.74 Å². The van der Waals surface area contributed by atoms with Crippen LogP contribution in [0.15, 0.2) is 12.4 Å². The molecule has 0 aliphatic carbocycles. The summed E-state index contributed by atoms with van der Waals surface area (Å²) in [5.41, 5.74) is 0. The number of ether oxygens (including phenoxy) is 1. The molecule has 2 saturated heterocycles. The highest BCUT2D eigenvalue weighted by Gasteiger charge is 2.40. The number of nitrogens with zero attached hydrogens (tertiary/aromatic N) is 2. The molecule has 2 N–H and O–H groups in total. The molecule has 1 aromatic rings. The molecule has 5 heteroatoms. The van der Waals surface area contributed by atoms with E-state index < -0.39 is 0 Å². The Bertz CT molecular complexity index is 384. The van der Waals surface area contributed by atoms with Crippen LogP contribution in [0.3, 0.4) is 0 Å². The Kier molecular flexibility index (Phi) is 2.40.